The van der Waals surface area contributed by atoms with E-state index in [9.17, 15) is 22.8 Å². The van der Waals surface area contributed by atoms with Crippen molar-refractivity contribution >= 4 is 29.4 Å². The maximum absolute atomic E-state index is 13.5. The summed E-state index contributed by atoms with van der Waals surface area (Å²) in [4.78, 5) is 26.0. The van der Waals surface area contributed by atoms with Gasteiger partial charge in [-0.3, -0.25) is 4.90 Å². The highest BCUT2D eigenvalue weighted by atomic mass is 32.2. The molecule has 0 radical (unpaired) electrons. The van der Waals surface area contributed by atoms with Crippen LogP contribution in [-0.2, 0) is 9.53 Å². The van der Waals surface area contributed by atoms with Crippen LogP contribution in [0.3, 0.4) is 0 Å². The molecule has 124 valence electrons. The van der Waals surface area contributed by atoms with Gasteiger partial charge in [0.25, 0.3) is 5.66 Å². The molecule has 10 heteroatoms. The average molecular weight is 347 g/mol. The Hall–Kier alpha value is -1.94. The van der Waals surface area contributed by atoms with Gasteiger partial charge in [-0.25, -0.2) is 14.9 Å². The SMILES string of the molecule is CCOC(=O)C1(C(F)(F)F)NC(=O)N2c3ccccc3SC2N1. The second-order valence-corrected chi connectivity index (χ2v) is 5.97. The molecule has 2 unspecified atom stereocenters. The number of hydrogen-bond acceptors (Lipinski definition) is 5. The number of carbonyl (C=O) groups is 2. The van der Waals surface area contributed by atoms with Crippen LogP contribution in [0.4, 0.5) is 23.7 Å². The van der Waals surface area contributed by atoms with Crippen LogP contribution in [0.1, 0.15) is 6.92 Å². The molecule has 6 nitrogen and oxygen atoms in total. The normalized spacial score (nSPS) is 26.3. The molecule has 0 aromatic heterocycles. The zero-order chi connectivity index (χ0) is 16.8. The second-order valence-electron chi connectivity index (χ2n) is 4.85. The molecular formula is C13H12F3N3O3S. The van der Waals surface area contributed by atoms with E-state index in [1.165, 1.54) is 6.92 Å². The lowest BCUT2D eigenvalue weighted by molar-refractivity contribution is -0.220. The topological polar surface area (TPSA) is 70.7 Å². The van der Waals surface area contributed by atoms with Crippen molar-refractivity contribution in [1.82, 2.24) is 10.6 Å². The number of benzene rings is 1. The first-order valence-corrected chi connectivity index (χ1v) is 7.57. The van der Waals surface area contributed by atoms with E-state index in [1.807, 2.05) is 0 Å². The molecule has 1 saturated heterocycles. The maximum Gasteiger partial charge on any atom is 0.436 e. The monoisotopic (exact) mass is 347 g/mol. The maximum atomic E-state index is 13.5. The van der Waals surface area contributed by atoms with E-state index in [4.69, 9.17) is 0 Å². The minimum Gasteiger partial charge on any atom is -0.463 e. The highest BCUT2D eigenvalue weighted by Gasteiger charge is 2.67. The summed E-state index contributed by atoms with van der Waals surface area (Å²) in [7, 11) is 0. The third-order valence-electron chi connectivity index (χ3n) is 3.46. The highest BCUT2D eigenvalue weighted by molar-refractivity contribution is 8.00. The molecule has 1 aromatic rings. The van der Waals surface area contributed by atoms with Gasteiger partial charge in [0.1, 0.15) is 5.50 Å². The van der Waals surface area contributed by atoms with Crippen LogP contribution >= 0.6 is 11.8 Å². The van der Waals surface area contributed by atoms with Crippen molar-refractivity contribution in [3.05, 3.63) is 24.3 Å². The Morgan fingerprint density at radius 2 is 2.13 bits per heavy atom. The lowest BCUT2D eigenvalue weighted by atomic mass is 10.1. The number of rotatable bonds is 2. The van der Waals surface area contributed by atoms with E-state index in [1.54, 1.807) is 29.6 Å². The summed E-state index contributed by atoms with van der Waals surface area (Å²) < 4.78 is 45.1. The number of alkyl halides is 3. The molecule has 2 amide bonds. The number of hydrogen-bond donors (Lipinski definition) is 2. The van der Waals surface area contributed by atoms with Crippen LogP contribution in [0.15, 0.2) is 29.2 Å². The summed E-state index contributed by atoms with van der Waals surface area (Å²) in [5.41, 5.74) is -3.85. The number of nitrogens with zero attached hydrogens (tertiary/aromatic N) is 1. The summed E-state index contributed by atoms with van der Waals surface area (Å²) in [5, 5.41) is 3.92. The smallest absolute Gasteiger partial charge is 0.436 e. The summed E-state index contributed by atoms with van der Waals surface area (Å²) in [6.07, 6.45) is -5.06. The molecule has 0 spiro atoms. The van der Waals surface area contributed by atoms with E-state index in [2.05, 4.69) is 10.1 Å². The summed E-state index contributed by atoms with van der Waals surface area (Å²) in [6.45, 7) is 1.15. The molecule has 2 atom stereocenters. The fraction of sp³-hybridized carbons (Fsp3) is 0.385. The Morgan fingerprint density at radius 3 is 2.78 bits per heavy atom. The molecule has 0 aliphatic carbocycles. The van der Waals surface area contributed by atoms with Gasteiger partial charge < -0.3 is 10.1 Å². The quantitative estimate of drug-likeness (QED) is 0.801. The Bertz CT molecular complexity index is 669. The fourth-order valence-electron chi connectivity index (χ4n) is 2.42. The number of para-hydroxylation sites is 1. The zero-order valence-corrected chi connectivity index (χ0v) is 12.6. The van der Waals surface area contributed by atoms with Crippen molar-refractivity contribution in [2.24, 2.45) is 0 Å². The van der Waals surface area contributed by atoms with Crippen molar-refractivity contribution in [3.8, 4) is 0 Å². The molecule has 2 heterocycles. The van der Waals surface area contributed by atoms with E-state index in [0.29, 0.717) is 10.6 Å². The first-order chi connectivity index (χ1) is 10.8. The Balaban J connectivity index is 2.00. The van der Waals surface area contributed by atoms with Gasteiger partial charge in [-0.1, -0.05) is 23.9 Å². The van der Waals surface area contributed by atoms with Gasteiger partial charge in [0.05, 0.1) is 12.3 Å². The Morgan fingerprint density at radius 1 is 1.43 bits per heavy atom. The summed E-state index contributed by atoms with van der Waals surface area (Å²) in [5.74, 6) is -1.59. The predicted octanol–water partition coefficient (Wildman–Crippen LogP) is 2.02. The molecular weight excluding hydrogens is 335 g/mol. The van der Waals surface area contributed by atoms with Gasteiger partial charge in [0, 0.05) is 4.90 Å². The number of fused-ring (bicyclic) bond motifs is 3. The van der Waals surface area contributed by atoms with E-state index in [0.717, 1.165) is 16.7 Å². The van der Waals surface area contributed by atoms with Gasteiger partial charge in [0.15, 0.2) is 0 Å². The van der Waals surface area contributed by atoms with Crippen molar-refractivity contribution in [2.45, 2.75) is 29.2 Å². The molecule has 0 saturated carbocycles. The minimum atomic E-state index is -5.06. The summed E-state index contributed by atoms with van der Waals surface area (Å²) >= 11 is 1.02. The number of halogens is 3. The van der Waals surface area contributed by atoms with E-state index < -0.39 is 29.3 Å². The lowest BCUT2D eigenvalue weighted by Gasteiger charge is -2.43. The number of thioether (sulfide) groups is 1. The molecule has 2 N–H and O–H groups in total. The van der Waals surface area contributed by atoms with Crippen molar-refractivity contribution in [2.75, 3.05) is 11.5 Å². The highest BCUT2D eigenvalue weighted by Crippen LogP contribution is 2.46. The largest absolute Gasteiger partial charge is 0.463 e. The first kappa shape index (κ1) is 15.9. The van der Waals surface area contributed by atoms with Crippen molar-refractivity contribution < 1.29 is 27.5 Å². The van der Waals surface area contributed by atoms with Crippen molar-refractivity contribution in [1.29, 1.82) is 0 Å². The van der Waals surface area contributed by atoms with Gasteiger partial charge in [-0.15, -0.1) is 0 Å². The summed E-state index contributed by atoms with van der Waals surface area (Å²) in [6, 6.07) is 5.68. The number of amides is 2. The van der Waals surface area contributed by atoms with Gasteiger partial charge in [-0.05, 0) is 19.1 Å². The number of anilines is 1. The van der Waals surface area contributed by atoms with Gasteiger partial charge >= 0.3 is 18.2 Å². The Labute approximate surface area is 133 Å². The molecule has 0 bridgehead atoms. The third kappa shape index (κ3) is 2.32. The van der Waals surface area contributed by atoms with Crippen LogP contribution < -0.4 is 15.5 Å². The first-order valence-electron chi connectivity index (χ1n) is 6.69. The van der Waals surface area contributed by atoms with Crippen LogP contribution in [-0.4, -0.2) is 35.9 Å². The number of esters is 1. The number of ether oxygens (including phenoxy) is 1. The second kappa shape index (κ2) is 5.31. The number of urea groups is 1. The molecule has 23 heavy (non-hydrogen) atoms. The van der Waals surface area contributed by atoms with Crippen LogP contribution in [0, 0.1) is 0 Å². The fourth-order valence-corrected chi connectivity index (χ4v) is 3.66. The number of nitrogens with one attached hydrogen (secondary N) is 2. The van der Waals surface area contributed by atoms with Gasteiger partial charge in [-0.2, -0.15) is 13.2 Å². The van der Waals surface area contributed by atoms with E-state index in [-0.39, 0.29) is 6.61 Å². The van der Waals surface area contributed by atoms with Crippen LogP contribution in [0.2, 0.25) is 0 Å². The molecule has 1 aromatic carbocycles. The standard InChI is InChI=1S/C13H12F3N3O3S/c1-2-22-9(20)12(13(14,15)16)17-10(21)19-7-5-3-4-6-8(7)23-11(19)18-12/h3-6,11,18H,2H2,1H3,(H,17,21). The minimum absolute atomic E-state index is 0.240. The zero-order valence-electron chi connectivity index (χ0n) is 11.8. The Kier molecular flexibility index (Phi) is 3.68. The molecule has 1 fully saturated rings. The molecule has 2 aliphatic rings. The molecule has 3 rings (SSSR count). The van der Waals surface area contributed by atoms with Crippen LogP contribution in [0.5, 0.6) is 0 Å². The van der Waals surface area contributed by atoms with Gasteiger partial charge in [0.2, 0.25) is 0 Å². The molecule has 2 aliphatic heterocycles. The van der Waals surface area contributed by atoms with E-state index >= 15 is 0 Å². The average Bonchev–Trinajstić information content (AvgIpc) is 2.84. The third-order valence-corrected chi connectivity index (χ3v) is 4.61. The predicted molar refractivity (Wildman–Crippen MR) is 75.7 cm³/mol. The lowest BCUT2D eigenvalue weighted by Crippen LogP contribution is -2.80. The van der Waals surface area contributed by atoms with Crippen LogP contribution in [0.25, 0.3) is 0 Å². The number of carbonyl (C=O) groups excluding carboxylic acids is 2. The van der Waals surface area contributed by atoms with Crippen molar-refractivity contribution in [3.63, 3.8) is 0 Å².